The fourth-order valence-corrected chi connectivity index (χ4v) is 6.80. The molecular weight excluding hydrogens is 470 g/mol. The van der Waals surface area contributed by atoms with Crippen molar-refractivity contribution in [3.8, 4) is 0 Å². The lowest BCUT2D eigenvalue weighted by Gasteiger charge is -2.31. The van der Waals surface area contributed by atoms with Gasteiger partial charge in [0, 0.05) is 53.0 Å². The molecule has 1 aromatic rings. The zero-order chi connectivity index (χ0) is 23.4. The first-order valence-corrected chi connectivity index (χ1v) is 13.5. The van der Waals surface area contributed by atoms with Gasteiger partial charge in [-0.1, -0.05) is 23.8 Å². The number of hydrogen-bond acceptors (Lipinski definition) is 6. The van der Waals surface area contributed by atoms with Gasteiger partial charge in [-0.15, -0.1) is 11.3 Å². The fourth-order valence-electron chi connectivity index (χ4n) is 5.56. The molecule has 2 aliphatic heterocycles. The van der Waals surface area contributed by atoms with Crippen LogP contribution in [-0.2, 0) is 17.8 Å². The zero-order valence-electron chi connectivity index (χ0n) is 19.3. The quantitative estimate of drug-likeness (QED) is 0.580. The normalized spacial score (nSPS) is 31.1. The summed E-state index contributed by atoms with van der Waals surface area (Å²) in [5.74, 6) is -0.160. The number of aromatic nitrogens is 1. The Morgan fingerprint density at radius 1 is 1.21 bits per heavy atom. The van der Waals surface area contributed by atoms with Crippen molar-refractivity contribution in [1.29, 1.82) is 0 Å². The van der Waals surface area contributed by atoms with E-state index in [2.05, 4.69) is 32.8 Å². The van der Waals surface area contributed by atoms with E-state index in [4.69, 9.17) is 11.6 Å². The second-order valence-corrected chi connectivity index (χ2v) is 11.9. The van der Waals surface area contributed by atoms with Gasteiger partial charge in [-0.3, -0.25) is 14.5 Å². The Morgan fingerprint density at radius 2 is 1.97 bits per heavy atom. The second-order valence-electron chi connectivity index (χ2n) is 10.4. The lowest BCUT2D eigenvalue weighted by molar-refractivity contribution is -0.118. The van der Waals surface area contributed by atoms with Crippen molar-refractivity contribution < 1.29 is 9.59 Å². The molecule has 2 saturated carbocycles. The van der Waals surface area contributed by atoms with Gasteiger partial charge in [0.1, 0.15) is 0 Å². The minimum absolute atomic E-state index is 0.0664. The molecule has 1 aromatic heterocycles. The van der Waals surface area contributed by atoms with Crippen molar-refractivity contribution in [2.45, 2.75) is 75.7 Å². The number of hydrogen-bond donors (Lipinski definition) is 3. The third kappa shape index (κ3) is 4.20. The predicted molar refractivity (Wildman–Crippen MR) is 132 cm³/mol. The van der Waals surface area contributed by atoms with E-state index in [-0.39, 0.29) is 35.9 Å². The number of halogens is 1. The lowest BCUT2D eigenvalue weighted by atomic mass is 9.98. The molecule has 2 unspecified atom stereocenters. The molecule has 6 rings (SSSR count). The molecule has 5 aliphatic rings. The standard InChI is InChI=1S/C25H30ClN5O2S/c1-25(8-9-25)31-10-7-19-21(13-31)34-24(30-19)23(33)29-18-4-2-3-17(18)28-22(32)20-12-14-11-15(26)5-6-16(14)27-20/h5-6,11-12,14,16-18,27H,2-4,7-10,13H2,1H3,(H,28,32)(H,29,33)/t14?,16?,17-,18-/m1/s1. The van der Waals surface area contributed by atoms with Crippen LogP contribution in [-0.4, -0.2) is 51.9 Å². The summed E-state index contributed by atoms with van der Waals surface area (Å²) in [6, 6.07) is -0.106. The van der Waals surface area contributed by atoms with E-state index < -0.39 is 0 Å². The van der Waals surface area contributed by atoms with Crippen molar-refractivity contribution in [1.82, 2.24) is 25.8 Å². The van der Waals surface area contributed by atoms with Crippen LogP contribution in [0.4, 0.5) is 0 Å². The van der Waals surface area contributed by atoms with Crippen LogP contribution in [0.25, 0.3) is 0 Å². The Bertz CT molecular complexity index is 1120. The van der Waals surface area contributed by atoms with Gasteiger partial charge in [-0.25, -0.2) is 4.98 Å². The van der Waals surface area contributed by atoms with Crippen molar-refractivity contribution in [3.63, 3.8) is 0 Å². The van der Waals surface area contributed by atoms with Crippen molar-refractivity contribution in [2.24, 2.45) is 5.92 Å². The largest absolute Gasteiger partial charge is 0.374 e. The van der Waals surface area contributed by atoms with Crippen LogP contribution in [0.2, 0.25) is 0 Å². The molecule has 2 amide bonds. The van der Waals surface area contributed by atoms with Crippen LogP contribution in [0, 0.1) is 5.92 Å². The maximum Gasteiger partial charge on any atom is 0.280 e. The van der Waals surface area contributed by atoms with Crippen molar-refractivity contribution in [3.05, 3.63) is 50.6 Å². The van der Waals surface area contributed by atoms with E-state index in [1.165, 1.54) is 29.1 Å². The van der Waals surface area contributed by atoms with Gasteiger partial charge in [0.05, 0.1) is 17.4 Å². The summed E-state index contributed by atoms with van der Waals surface area (Å²) in [5.41, 5.74) is 2.00. The first kappa shape index (κ1) is 22.3. The van der Waals surface area contributed by atoms with Crippen LogP contribution in [0.1, 0.15) is 59.4 Å². The number of thiazole rings is 1. The third-order valence-corrected chi connectivity index (χ3v) is 9.30. The monoisotopic (exact) mass is 499 g/mol. The Labute approximate surface area is 208 Å². The highest BCUT2D eigenvalue weighted by molar-refractivity contribution is 7.13. The molecule has 3 N–H and O–H groups in total. The van der Waals surface area contributed by atoms with Gasteiger partial charge >= 0.3 is 0 Å². The number of amides is 2. The molecule has 0 aromatic carbocycles. The van der Waals surface area contributed by atoms with E-state index in [1.54, 1.807) is 0 Å². The number of carbonyl (C=O) groups excluding carboxylic acids is 2. The SMILES string of the molecule is CC1(N2CCc3nc(C(=O)N[C@@H]4CCC[C@H]4NC(=O)C4=CC5C=C(Cl)C=CC5N4)sc3C2)CC1. The maximum absolute atomic E-state index is 13.1. The minimum Gasteiger partial charge on any atom is -0.374 e. The van der Waals surface area contributed by atoms with Gasteiger partial charge in [-0.2, -0.15) is 0 Å². The molecule has 9 heteroatoms. The number of allylic oxidation sites excluding steroid dienone is 2. The van der Waals surface area contributed by atoms with Crippen LogP contribution < -0.4 is 16.0 Å². The zero-order valence-corrected chi connectivity index (χ0v) is 20.8. The highest BCUT2D eigenvalue weighted by Crippen LogP contribution is 2.44. The third-order valence-electron chi connectivity index (χ3n) is 7.97. The van der Waals surface area contributed by atoms with E-state index in [0.717, 1.165) is 44.5 Å². The van der Waals surface area contributed by atoms with Crippen LogP contribution in [0.5, 0.6) is 0 Å². The average Bonchev–Trinajstić information content (AvgIpc) is 3.18. The number of nitrogens with one attached hydrogen (secondary N) is 3. The molecule has 3 heterocycles. The first-order chi connectivity index (χ1) is 16.4. The Kier molecular flexibility index (Phi) is 5.58. The second kappa shape index (κ2) is 8.50. The number of rotatable bonds is 5. The number of nitrogens with zero attached hydrogens (tertiary/aromatic N) is 2. The fraction of sp³-hybridized carbons (Fsp3) is 0.560. The van der Waals surface area contributed by atoms with Crippen LogP contribution in [0.15, 0.2) is 35.0 Å². The predicted octanol–water partition coefficient (Wildman–Crippen LogP) is 2.99. The molecule has 34 heavy (non-hydrogen) atoms. The molecule has 4 atom stereocenters. The Morgan fingerprint density at radius 3 is 2.74 bits per heavy atom. The lowest BCUT2D eigenvalue weighted by Crippen LogP contribution is -2.49. The number of fused-ring (bicyclic) bond motifs is 2. The highest BCUT2D eigenvalue weighted by Gasteiger charge is 2.44. The molecule has 0 saturated heterocycles. The summed E-state index contributed by atoms with van der Waals surface area (Å²) in [5, 5.41) is 10.8. The van der Waals surface area contributed by atoms with E-state index in [9.17, 15) is 9.59 Å². The molecule has 7 nitrogen and oxygen atoms in total. The van der Waals surface area contributed by atoms with Crippen LogP contribution >= 0.6 is 22.9 Å². The highest BCUT2D eigenvalue weighted by atomic mass is 35.5. The van der Waals surface area contributed by atoms with E-state index >= 15 is 0 Å². The molecule has 3 aliphatic carbocycles. The van der Waals surface area contributed by atoms with Gasteiger partial charge in [-0.05, 0) is 51.2 Å². The summed E-state index contributed by atoms with van der Waals surface area (Å²) in [6.07, 6.45) is 13.8. The average molecular weight is 500 g/mol. The van der Waals surface area contributed by atoms with Gasteiger partial charge < -0.3 is 16.0 Å². The summed E-state index contributed by atoms with van der Waals surface area (Å²) in [4.78, 5) is 34.4. The summed E-state index contributed by atoms with van der Waals surface area (Å²) in [6.45, 7) is 4.25. The molecule has 2 fully saturated rings. The molecular formula is C25H30ClN5O2S. The molecule has 180 valence electrons. The van der Waals surface area contributed by atoms with Crippen LogP contribution in [0.3, 0.4) is 0 Å². The summed E-state index contributed by atoms with van der Waals surface area (Å²) in [7, 11) is 0. The van der Waals surface area contributed by atoms with Crippen molar-refractivity contribution in [2.75, 3.05) is 6.54 Å². The summed E-state index contributed by atoms with van der Waals surface area (Å²) >= 11 is 7.63. The number of carbonyl (C=O) groups is 2. The first-order valence-electron chi connectivity index (χ1n) is 12.3. The maximum atomic E-state index is 13.1. The smallest absolute Gasteiger partial charge is 0.280 e. The molecule has 0 spiro atoms. The van der Waals surface area contributed by atoms with Gasteiger partial charge in [0.25, 0.3) is 11.8 Å². The molecule has 0 bridgehead atoms. The van der Waals surface area contributed by atoms with Gasteiger partial charge in [0.2, 0.25) is 0 Å². The van der Waals surface area contributed by atoms with E-state index in [0.29, 0.717) is 21.3 Å². The minimum atomic E-state index is -0.128. The van der Waals surface area contributed by atoms with E-state index in [1.807, 2.05) is 24.3 Å². The summed E-state index contributed by atoms with van der Waals surface area (Å²) < 4.78 is 0. The Hall–Kier alpha value is -2.16. The Balaban J connectivity index is 1.07. The topological polar surface area (TPSA) is 86.4 Å². The van der Waals surface area contributed by atoms with Crippen molar-refractivity contribution >= 4 is 34.8 Å². The van der Waals surface area contributed by atoms with Gasteiger partial charge in [0.15, 0.2) is 5.01 Å². The molecule has 0 radical (unpaired) electrons.